The van der Waals surface area contributed by atoms with E-state index in [-0.39, 0.29) is 11.6 Å². The Labute approximate surface area is 138 Å². The molecule has 0 saturated carbocycles. The SMILES string of the molecule is CC(C)(C)NC(=O)Nc1nc2ccncc2cc1-c1ccsc1. The van der Waals surface area contributed by atoms with Gasteiger partial charge in [-0.2, -0.15) is 11.3 Å². The second-order valence-electron chi connectivity index (χ2n) is 6.29. The molecule has 0 aliphatic rings. The zero-order valence-electron chi connectivity index (χ0n) is 13.3. The van der Waals surface area contributed by atoms with Crippen molar-refractivity contribution in [2.45, 2.75) is 26.3 Å². The lowest BCUT2D eigenvalue weighted by Crippen LogP contribution is -2.43. The number of carbonyl (C=O) groups excluding carboxylic acids is 1. The van der Waals surface area contributed by atoms with Gasteiger partial charge in [0.15, 0.2) is 0 Å². The summed E-state index contributed by atoms with van der Waals surface area (Å²) in [6.07, 6.45) is 3.47. The Bertz CT molecular complexity index is 837. The van der Waals surface area contributed by atoms with Gasteiger partial charge in [0.2, 0.25) is 0 Å². The predicted octanol–water partition coefficient (Wildman–Crippen LogP) is 4.28. The van der Waals surface area contributed by atoms with Crippen LogP contribution in [-0.4, -0.2) is 21.5 Å². The summed E-state index contributed by atoms with van der Waals surface area (Å²) in [5, 5.41) is 10.7. The number of fused-ring (bicyclic) bond motifs is 1. The van der Waals surface area contributed by atoms with Gasteiger partial charge in [-0.25, -0.2) is 9.78 Å². The number of thiophene rings is 1. The third-order valence-electron chi connectivity index (χ3n) is 3.17. The first-order chi connectivity index (χ1) is 10.9. The molecule has 0 radical (unpaired) electrons. The summed E-state index contributed by atoms with van der Waals surface area (Å²) in [5.74, 6) is 0.545. The van der Waals surface area contributed by atoms with Crippen molar-refractivity contribution in [3.05, 3.63) is 41.4 Å². The fraction of sp³-hybridized carbons (Fsp3) is 0.235. The highest BCUT2D eigenvalue weighted by atomic mass is 32.1. The molecule has 3 aromatic rings. The van der Waals surface area contributed by atoms with Crippen LogP contribution in [0.5, 0.6) is 0 Å². The van der Waals surface area contributed by atoms with Gasteiger partial charge in [0.05, 0.1) is 5.52 Å². The monoisotopic (exact) mass is 326 g/mol. The number of nitrogens with one attached hydrogen (secondary N) is 2. The predicted molar refractivity (Wildman–Crippen MR) is 94.8 cm³/mol. The largest absolute Gasteiger partial charge is 0.333 e. The maximum Gasteiger partial charge on any atom is 0.320 e. The maximum absolute atomic E-state index is 12.2. The first kappa shape index (κ1) is 15.4. The number of carbonyl (C=O) groups is 1. The van der Waals surface area contributed by atoms with Crippen LogP contribution in [0, 0.1) is 0 Å². The first-order valence-corrected chi connectivity index (χ1v) is 8.23. The Kier molecular flexibility index (Phi) is 4.00. The van der Waals surface area contributed by atoms with E-state index in [0.717, 1.165) is 22.0 Å². The van der Waals surface area contributed by atoms with Crippen LogP contribution in [-0.2, 0) is 0 Å². The van der Waals surface area contributed by atoms with Crippen molar-refractivity contribution in [2.75, 3.05) is 5.32 Å². The topological polar surface area (TPSA) is 66.9 Å². The fourth-order valence-corrected chi connectivity index (χ4v) is 2.89. The summed E-state index contributed by atoms with van der Waals surface area (Å²) in [4.78, 5) is 20.9. The Hall–Kier alpha value is -2.47. The van der Waals surface area contributed by atoms with Crippen molar-refractivity contribution >= 4 is 34.1 Å². The molecule has 0 bridgehead atoms. The van der Waals surface area contributed by atoms with E-state index in [1.807, 2.05) is 49.7 Å². The molecule has 0 spiro atoms. The Balaban J connectivity index is 2.03. The molecule has 3 heterocycles. The number of hydrogen-bond acceptors (Lipinski definition) is 4. The minimum Gasteiger partial charge on any atom is -0.333 e. The van der Waals surface area contributed by atoms with Crippen molar-refractivity contribution in [1.29, 1.82) is 0 Å². The van der Waals surface area contributed by atoms with Gasteiger partial charge in [-0.05, 0) is 55.3 Å². The first-order valence-electron chi connectivity index (χ1n) is 7.29. The van der Waals surface area contributed by atoms with Crippen LogP contribution in [0.3, 0.4) is 0 Å². The van der Waals surface area contributed by atoms with Gasteiger partial charge in [-0.15, -0.1) is 0 Å². The third-order valence-corrected chi connectivity index (χ3v) is 3.85. The lowest BCUT2D eigenvalue weighted by molar-refractivity contribution is 0.243. The number of urea groups is 1. The molecule has 0 aromatic carbocycles. The summed E-state index contributed by atoms with van der Waals surface area (Å²) in [5.41, 5.74) is 2.40. The van der Waals surface area contributed by atoms with Crippen molar-refractivity contribution in [1.82, 2.24) is 15.3 Å². The van der Waals surface area contributed by atoms with Crippen LogP contribution in [0.25, 0.3) is 22.0 Å². The molecule has 0 unspecified atom stereocenters. The standard InChI is InChI=1S/C17H18N4OS/c1-17(2,3)21-16(22)20-15-13(11-5-7-23-10-11)8-12-9-18-6-4-14(12)19-15/h4-10H,1-3H3,(H2,19,20,21,22). The molecule has 0 aliphatic carbocycles. The molecule has 0 saturated heterocycles. The van der Waals surface area contributed by atoms with Crippen molar-refractivity contribution in [2.24, 2.45) is 0 Å². The highest BCUT2D eigenvalue weighted by Gasteiger charge is 2.17. The molecule has 3 rings (SSSR count). The molecule has 2 N–H and O–H groups in total. The molecule has 0 fully saturated rings. The van der Waals surface area contributed by atoms with Gasteiger partial charge in [0.25, 0.3) is 0 Å². The molecule has 0 atom stereocenters. The number of hydrogen-bond donors (Lipinski definition) is 2. The average molecular weight is 326 g/mol. The molecule has 118 valence electrons. The average Bonchev–Trinajstić information content (AvgIpc) is 2.98. The van der Waals surface area contributed by atoms with E-state index < -0.39 is 0 Å². The number of amides is 2. The van der Waals surface area contributed by atoms with Crippen molar-refractivity contribution in [3.8, 4) is 11.1 Å². The van der Waals surface area contributed by atoms with E-state index in [1.165, 1.54) is 0 Å². The highest BCUT2D eigenvalue weighted by molar-refractivity contribution is 7.08. The van der Waals surface area contributed by atoms with Crippen molar-refractivity contribution < 1.29 is 4.79 Å². The number of anilines is 1. The highest BCUT2D eigenvalue weighted by Crippen LogP contribution is 2.31. The minimum absolute atomic E-state index is 0.269. The maximum atomic E-state index is 12.2. The van der Waals surface area contributed by atoms with E-state index in [2.05, 4.69) is 20.6 Å². The van der Waals surface area contributed by atoms with Gasteiger partial charge >= 0.3 is 6.03 Å². The number of pyridine rings is 2. The zero-order valence-corrected chi connectivity index (χ0v) is 14.1. The van der Waals surface area contributed by atoms with Crippen LogP contribution >= 0.6 is 11.3 Å². The lowest BCUT2D eigenvalue weighted by Gasteiger charge is -2.21. The fourth-order valence-electron chi connectivity index (χ4n) is 2.23. The van der Waals surface area contributed by atoms with Gasteiger partial charge in [-0.3, -0.25) is 10.3 Å². The summed E-state index contributed by atoms with van der Waals surface area (Å²) < 4.78 is 0. The van der Waals surface area contributed by atoms with Gasteiger partial charge < -0.3 is 5.32 Å². The Morgan fingerprint density at radius 1 is 1.26 bits per heavy atom. The van der Waals surface area contributed by atoms with Crippen molar-refractivity contribution in [3.63, 3.8) is 0 Å². The number of aromatic nitrogens is 2. The summed E-state index contributed by atoms with van der Waals surface area (Å²) >= 11 is 1.61. The molecule has 23 heavy (non-hydrogen) atoms. The third kappa shape index (κ3) is 3.65. The summed E-state index contributed by atoms with van der Waals surface area (Å²) in [6.45, 7) is 5.81. The van der Waals surface area contributed by atoms with Gasteiger partial charge in [0.1, 0.15) is 5.82 Å². The molecule has 0 aliphatic heterocycles. The second-order valence-corrected chi connectivity index (χ2v) is 7.07. The van der Waals surface area contributed by atoms with Crippen LogP contribution in [0.15, 0.2) is 41.4 Å². The van der Waals surface area contributed by atoms with Crippen LogP contribution < -0.4 is 10.6 Å². The molecular weight excluding hydrogens is 308 g/mol. The number of nitrogens with zero attached hydrogens (tertiary/aromatic N) is 2. The second kappa shape index (κ2) is 5.96. The van der Waals surface area contributed by atoms with E-state index >= 15 is 0 Å². The van der Waals surface area contributed by atoms with E-state index in [4.69, 9.17) is 0 Å². The number of rotatable bonds is 2. The molecular formula is C17H18N4OS. The quantitative estimate of drug-likeness (QED) is 0.738. The lowest BCUT2D eigenvalue weighted by atomic mass is 10.1. The molecule has 5 nitrogen and oxygen atoms in total. The normalized spacial score (nSPS) is 11.4. The van der Waals surface area contributed by atoms with E-state index in [1.54, 1.807) is 23.7 Å². The summed E-state index contributed by atoms with van der Waals surface area (Å²) in [7, 11) is 0. The Morgan fingerprint density at radius 2 is 2.09 bits per heavy atom. The van der Waals surface area contributed by atoms with Crippen LogP contribution in [0.2, 0.25) is 0 Å². The summed E-state index contributed by atoms with van der Waals surface area (Å²) in [6, 6.07) is 5.58. The van der Waals surface area contributed by atoms with Crippen LogP contribution in [0.4, 0.5) is 10.6 Å². The van der Waals surface area contributed by atoms with Crippen LogP contribution in [0.1, 0.15) is 20.8 Å². The molecule has 6 heteroatoms. The zero-order chi connectivity index (χ0) is 16.4. The van der Waals surface area contributed by atoms with E-state index in [9.17, 15) is 4.79 Å². The Morgan fingerprint density at radius 3 is 2.78 bits per heavy atom. The molecule has 2 amide bonds. The molecule has 3 aromatic heterocycles. The van der Waals surface area contributed by atoms with Gasteiger partial charge in [0, 0.05) is 28.9 Å². The van der Waals surface area contributed by atoms with Gasteiger partial charge in [-0.1, -0.05) is 0 Å². The van der Waals surface area contributed by atoms with E-state index in [0.29, 0.717) is 5.82 Å². The minimum atomic E-state index is -0.312. The smallest absolute Gasteiger partial charge is 0.320 e.